The van der Waals surface area contributed by atoms with E-state index in [1.54, 1.807) is 18.3 Å². The molecular formula is C13H21N3O3. The first-order valence-electron chi connectivity index (χ1n) is 6.48. The van der Waals surface area contributed by atoms with Crippen molar-refractivity contribution in [3.63, 3.8) is 0 Å². The van der Waals surface area contributed by atoms with E-state index in [4.69, 9.17) is 10.5 Å². The minimum atomic E-state index is -0.269. The molecule has 1 amide bonds. The van der Waals surface area contributed by atoms with Gasteiger partial charge in [0.2, 0.25) is 0 Å². The fraction of sp³-hybridized carbons (Fsp3) is 0.538. The maximum atomic E-state index is 11.9. The van der Waals surface area contributed by atoms with Gasteiger partial charge in [0.1, 0.15) is 0 Å². The molecule has 0 aliphatic carbocycles. The third kappa shape index (κ3) is 5.13. The lowest BCUT2D eigenvalue weighted by Crippen LogP contribution is -2.31. The number of nitrogens with two attached hydrogens (primary N) is 1. The van der Waals surface area contributed by atoms with Crippen LogP contribution in [0.15, 0.2) is 23.1 Å². The molecule has 0 bridgehead atoms. The Labute approximate surface area is 112 Å². The van der Waals surface area contributed by atoms with Crippen molar-refractivity contribution in [1.29, 1.82) is 0 Å². The summed E-state index contributed by atoms with van der Waals surface area (Å²) in [6.07, 6.45) is 3.59. The van der Waals surface area contributed by atoms with E-state index in [2.05, 4.69) is 5.32 Å². The van der Waals surface area contributed by atoms with Crippen LogP contribution in [0, 0.1) is 0 Å². The largest absolute Gasteiger partial charge is 0.478 e. The molecule has 0 aliphatic rings. The number of unbranched alkanes of at least 4 members (excludes halogenated alkanes) is 1. The van der Waals surface area contributed by atoms with Gasteiger partial charge in [-0.2, -0.15) is 0 Å². The van der Waals surface area contributed by atoms with Crippen LogP contribution in [0.25, 0.3) is 0 Å². The first-order valence-corrected chi connectivity index (χ1v) is 6.48. The molecule has 0 unspecified atom stereocenters. The average molecular weight is 267 g/mol. The number of hydrogen-bond donors (Lipinski definition) is 2. The predicted molar refractivity (Wildman–Crippen MR) is 73.2 cm³/mol. The third-order valence-corrected chi connectivity index (χ3v) is 2.57. The fourth-order valence-corrected chi connectivity index (χ4v) is 1.54. The summed E-state index contributed by atoms with van der Waals surface area (Å²) in [6.45, 7) is 3.34. The number of nitrogens with zero attached hydrogens (tertiary/aromatic N) is 1. The minimum Gasteiger partial charge on any atom is -0.478 e. The number of carbonyl (C=O) groups is 1. The Morgan fingerprint density at radius 1 is 1.53 bits per heavy atom. The number of carbonyl (C=O) groups excluding carboxylic acids is 1. The number of aromatic nitrogens is 1. The summed E-state index contributed by atoms with van der Waals surface area (Å²) in [6, 6.07) is 3.25. The summed E-state index contributed by atoms with van der Waals surface area (Å²) in [4.78, 5) is 23.3. The van der Waals surface area contributed by atoms with Crippen molar-refractivity contribution in [2.45, 2.75) is 26.3 Å². The summed E-state index contributed by atoms with van der Waals surface area (Å²) >= 11 is 0. The summed E-state index contributed by atoms with van der Waals surface area (Å²) < 4.78 is 6.69. The maximum absolute atomic E-state index is 11.9. The molecule has 1 rings (SSSR count). The number of amides is 1. The lowest BCUT2D eigenvalue weighted by Gasteiger charge is -2.09. The molecule has 0 fully saturated rings. The highest BCUT2D eigenvalue weighted by Crippen LogP contribution is 2.01. The van der Waals surface area contributed by atoms with Crippen LogP contribution in [0.1, 0.15) is 19.8 Å². The molecule has 6 heteroatoms. The lowest BCUT2D eigenvalue weighted by molar-refractivity contribution is -0.123. The average Bonchev–Trinajstić information content (AvgIpc) is 2.40. The lowest BCUT2D eigenvalue weighted by atomic mass is 10.3. The Morgan fingerprint density at radius 3 is 3.00 bits per heavy atom. The van der Waals surface area contributed by atoms with Crippen LogP contribution in [0.4, 0.5) is 0 Å². The van der Waals surface area contributed by atoms with Crippen LogP contribution in [0.2, 0.25) is 0 Å². The van der Waals surface area contributed by atoms with Crippen molar-refractivity contribution in [1.82, 2.24) is 9.88 Å². The van der Waals surface area contributed by atoms with Gasteiger partial charge in [0.25, 0.3) is 11.5 Å². The van der Waals surface area contributed by atoms with E-state index in [1.807, 2.05) is 6.92 Å². The molecular weight excluding hydrogens is 246 g/mol. The summed E-state index contributed by atoms with van der Waals surface area (Å²) in [5.41, 5.74) is 5.14. The Bertz CT molecular complexity index is 457. The van der Waals surface area contributed by atoms with E-state index < -0.39 is 0 Å². The number of nitrogens with one attached hydrogen (secondary N) is 1. The summed E-state index contributed by atoms with van der Waals surface area (Å²) in [7, 11) is 0. The number of hydrogen-bond acceptors (Lipinski definition) is 4. The second-order valence-corrected chi connectivity index (χ2v) is 4.15. The Hall–Kier alpha value is -1.82. The molecule has 1 heterocycles. The SMILES string of the molecule is CCCCNC(=O)COc1cccn(CCN)c1=O. The van der Waals surface area contributed by atoms with Crippen molar-refractivity contribution in [3.05, 3.63) is 28.7 Å². The molecule has 106 valence electrons. The van der Waals surface area contributed by atoms with Gasteiger partial charge in [0.15, 0.2) is 12.4 Å². The Morgan fingerprint density at radius 2 is 2.32 bits per heavy atom. The quantitative estimate of drug-likeness (QED) is 0.654. The van der Waals surface area contributed by atoms with E-state index in [-0.39, 0.29) is 23.8 Å². The van der Waals surface area contributed by atoms with Gasteiger partial charge in [-0.15, -0.1) is 0 Å². The third-order valence-electron chi connectivity index (χ3n) is 2.57. The van der Waals surface area contributed by atoms with E-state index in [0.29, 0.717) is 19.6 Å². The first-order chi connectivity index (χ1) is 9.19. The fourth-order valence-electron chi connectivity index (χ4n) is 1.54. The van der Waals surface area contributed by atoms with Crippen molar-refractivity contribution < 1.29 is 9.53 Å². The Kier molecular flexibility index (Phi) is 6.67. The van der Waals surface area contributed by atoms with Crippen molar-refractivity contribution in [2.75, 3.05) is 19.7 Å². The maximum Gasteiger partial charge on any atom is 0.292 e. The van der Waals surface area contributed by atoms with Gasteiger partial charge in [0.05, 0.1) is 0 Å². The van der Waals surface area contributed by atoms with E-state index in [9.17, 15) is 9.59 Å². The van der Waals surface area contributed by atoms with E-state index in [1.165, 1.54) is 4.57 Å². The predicted octanol–water partition coefficient (Wildman–Crippen LogP) is 0.102. The van der Waals surface area contributed by atoms with Gasteiger partial charge < -0.3 is 20.4 Å². The minimum absolute atomic E-state index is 0.147. The molecule has 19 heavy (non-hydrogen) atoms. The van der Waals surface area contributed by atoms with E-state index in [0.717, 1.165) is 12.8 Å². The van der Waals surface area contributed by atoms with Gasteiger partial charge in [-0.1, -0.05) is 13.3 Å². The van der Waals surface area contributed by atoms with Crippen LogP contribution in [0.5, 0.6) is 5.75 Å². The van der Waals surface area contributed by atoms with Crippen molar-refractivity contribution in [2.24, 2.45) is 5.73 Å². The molecule has 0 aromatic carbocycles. The monoisotopic (exact) mass is 267 g/mol. The van der Waals surface area contributed by atoms with Crippen LogP contribution in [0.3, 0.4) is 0 Å². The number of pyridine rings is 1. The molecule has 0 atom stereocenters. The highest BCUT2D eigenvalue weighted by atomic mass is 16.5. The second kappa shape index (κ2) is 8.31. The van der Waals surface area contributed by atoms with Gasteiger partial charge in [0, 0.05) is 25.8 Å². The van der Waals surface area contributed by atoms with Gasteiger partial charge >= 0.3 is 0 Å². The van der Waals surface area contributed by atoms with Crippen molar-refractivity contribution in [3.8, 4) is 5.75 Å². The smallest absolute Gasteiger partial charge is 0.292 e. The van der Waals surface area contributed by atoms with Crippen LogP contribution in [-0.2, 0) is 11.3 Å². The zero-order chi connectivity index (χ0) is 14.1. The van der Waals surface area contributed by atoms with Gasteiger partial charge in [-0.05, 0) is 18.6 Å². The topological polar surface area (TPSA) is 86.3 Å². The van der Waals surface area contributed by atoms with Gasteiger partial charge in [-0.25, -0.2) is 0 Å². The molecule has 0 saturated heterocycles. The van der Waals surface area contributed by atoms with Crippen LogP contribution < -0.4 is 21.3 Å². The number of ether oxygens (including phenoxy) is 1. The molecule has 0 aliphatic heterocycles. The molecule has 3 N–H and O–H groups in total. The number of rotatable bonds is 8. The molecule has 1 aromatic rings. The summed E-state index contributed by atoms with van der Waals surface area (Å²) in [5.74, 6) is -0.0522. The van der Waals surface area contributed by atoms with E-state index >= 15 is 0 Å². The zero-order valence-electron chi connectivity index (χ0n) is 11.2. The van der Waals surface area contributed by atoms with Crippen molar-refractivity contribution >= 4 is 5.91 Å². The zero-order valence-corrected chi connectivity index (χ0v) is 11.2. The Balaban J connectivity index is 2.51. The van der Waals surface area contributed by atoms with Crippen LogP contribution in [-0.4, -0.2) is 30.2 Å². The molecule has 1 aromatic heterocycles. The van der Waals surface area contributed by atoms with Crippen LogP contribution >= 0.6 is 0 Å². The molecule has 0 radical (unpaired) electrons. The normalized spacial score (nSPS) is 10.2. The summed E-state index contributed by atoms with van der Waals surface area (Å²) in [5, 5.41) is 2.72. The highest BCUT2D eigenvalue weighted by Gasteiger charge is 2.06. The molecule has 6 nitrogen and oxygen atoms in total. The van der Waals surface area contributed by atoms with Gasteiger partial charge in [-0.3, -0.25) is 9.59 Å². The second-order valence-electron chi connectivity index (χ2n) is 4.15. The standard InChI is InChI=1S/C13H21N3O3/c1-2-3-7-15-12(17)10-19-11-5-4-8-16(9-6-14)13(11)18/h4-5,8H,2-3,6-7,9-10,14H2,1H3,(H,15,17). The molecule has 0 saturated carbocycles. The highest BCUT2D eigenvalue weighted by molar-refractivity contribution is 5.77. The molecule has 0 spiro atoms. The first kappa shape index (κ1) is 15.2.